The summed E-state index contributed by atoms with van der Waals surface area (Å²) in [5, 5.41) is 4.02. The Morgan fingerprint density at radius 2 is 1.16 bits per heavy atom. The molecule has 0 aliphatic carbocycles. The molecule has 1 atom stereocenters. The third-order valence-corrected chi connectivity index (χ3v) is 5.17. The first-order valence-electron chi connectivity index (χ1n) is 7.93. The van der Waals surface area contributed by atoms with Crippen molar-refractivity contribution in [2.24, 2.45) is 0 Å². The van der Waals surface area contributed by atoms with Crippen LogP contribution in [-0.2, 0) is 0 Å². The van der Waals surface area contributed by atoms with Crippen molar-refractivity contribution in [3.8, 4) is 0 Å². The molecule has 3 aromatic carbocycles. The number of halogens is 1. The zero-order valence-electron chi connectivity index (χ0n) is 13.5. The second kappa shape index (κ2) is 8.57. The molecule has 3 N–H and O–H groups in total. The molecule has 5 heteroatoms. The van der Waals surface area contributed by atoms with Crippen LogP contribution < -0.4 is 5.32 Å². The van der Waals surface area contributed by atoms with Gasteiger partial charge in [0, 0.05) is 5.02 Å². The number of benzene rings is 3. The van der Waals surface area contributed by atoms with Crippen LogP contribution in [-0.4, -0.2) is 9.79 Å². The Hall–Kier alpha value is -1.74. The number of nitrogens with one attached hydrogen (secondary N) is 1. The third-order valence-electron chi connectivity index (χ3n) is 4.01. The van der Waals surface area contributed by atoms with Crippen LogP contribution in [0.15, 0.2) is 84.9 Å². The maximum absolute atomic E-state index is 10.0. The summed E-state index contributed by atoms with van der Waals surface area (Å²) in [6.45, 7) is 0. The predicted molar refractivity (Wildman–Crippen MR) is 103 cm³/mol. The summed E-state index contributed by atoms with van der Waals surface area (Å²) in [6, 6.07) is 26.9. The van der Waals surface area contributed by atoms with Crippen molar-refractivity contribution < 1.29 is 9.79 Å². The summed E-state index contributed by atoms with van der Waals surface area (Å²) in [4.78, 5) is 20.0. The molecule has 0 fully saturated rings. The van der Waals surface area contributed by atoms with Gasteiger partial charge in [-0.05, 0) is 28.8 Å². The predicted octanol–water partition coefficient (Wildman–Crippen LogP) is 5.01. The Bertz CT molecular complexity index is 742. The van der Waals surface area contributed by atoms with E-state index < -0.39 is 14.2 Å². The van der Waals surface area contributed by atoms with Crippen molar-refractivity contribution in [1.29, 1.82) is 0 Å². The molecule has 1 unspecified atom stereocenters. The fourth-order valence-electron chi connectivity index (χ4n) is 2.78. The van der Waals surface area contributed by atoms with Crippen LogP contribution in [0.2, 0.25) is 5.02 Å². The highest BCUT2D eigenvalue weighted by molar-refractivity contribution is 7.45. The lowest BCUT2D eigenvalue weighted by Crippen LogP contribution is -2.26. The standard InChI is InChI=1S/C20H19ClNO2P/c21-18-13-11-17(12-14-18)20(25(23)24)22-19(15-7-3-1-4-8-15)16-9-5-2-6-10-16/h1-14,19-20,22-24H. The van der Waals surface area contributed by atoms with E-state index in [2.05, 4.69) is 5.32 Å². The van der Waals surface area contributed by atoms with Gasteiger partial charge in [0.1, 0.15) is 5.78 Å². The second-order valence-electron chi connectivity index (χ2n) is 5.70. The van der Waals surface area contributed by atoms with E-state index in [1.807, 2.05) is 72.8 Å². The molecule has 0 bridgehead atoms. The number of rotatable bonds is 6. The van der Waals surface area contributed by atoms with E-state index in [1.165, 1.54) is 0 Å². The first-order chi connectivity index (χ1) is 12.1. The Kier molecular flexibility index (Phi) is 6.19. The van der Waals surface area contributed by atoms with E-state index >= 15 is 0 Å². The van der Waals surface area contributed by atoms with Crippen LogP contribution in [0.3, 0.4) is 0 Å². The zero-order chi connectivity index (χ0) is 17.6. The molecule has 0 saturated heterocycles. The SMILES string of the molecule is OP(O)C(NC(c1ccccc1)c1ccccc1)c1ccc(Cl)cc1. The highest BCUT2D eigenvalue weighted by Crippen LogP contribution is 2.44. The van der Waals surface area contributed by atoms with Gasteiger partial charge in [-0.1, -0.05) is 84.4 Å². The average Bonchev–Trinajstić information content (AvgIpc) is 2.65. The fraction of sp³-hybridized carbons (Fsp3) is 0.100. The van der Waals surface area contributed by atoms with Gasteiger partial charge in [-0.15, -0.1) is 0 Å². The van der Waals surface area contributed by atoms with Gasteiger partial charge in [0.15, 0.2) is 8.38 Å². The van der Waals surface area contributed by atoms with Gasteiger partial charge in [0.25, 0.3) is 0 Å². The number of hydrogen-bond acceptors (Lipinski definition) is 3. The van der Waals surface area contributed by atoms with Gasteiger partial charge in [-0.2, -0.15) is 0 Å². The lowest BCUT2D eigenvalue weighted by atomic mass is 9.98. The van der Waals surface area contributed by atoms with Crippen molar-refractivity contribution in [2.45, 2.75) is 11.8 Å². The summed E-state index contributed by atoms with van der Waals surface area (Å²) >= 11 is 5.95. The smallest absolute Gasteiger partial charge is 0.188 e. The zero-order valence-corrected chi connectivity index (χ0v) is 15.1. The second-order valence-corrected chi connectivity index (χ2v) is 7.29. The molecule has 0 amide bonds. The fourth-order valence-corrected chi connectivity index (χ4v) is 3.62. The van der Waals surface area contributed by atoms with Crippen LogP contribution >= 0.6 is 20.0 Å². The van der Waals surface area contributed by atoms with Crippen LogP contribution in [0, 0.1) is 0 Å². The van der Waals surface area contributed by atoms with Gasteiger partial charge >= 0.3 is 0 Å². The maximum Gasteiger partial charge on any atom is 0.188 e. The molecule has 3 rings (SSSR count). The van der Waals surface area contributed by atoms with Crippen molar-refractivity contribution in [1.82, 2.24) is 5.32 Å². The third kappa shape index (κ3) is 4.66. The lowest BCUT2D eigenvalue weighted by Gasteiger charge is -2.27. The topological polar surface area (TPSA) is 52.5 Å². The van der Waals surface area contributed by atoms with Crippen LogP contribution in [0.5, 0.6) is 0 Å². The van der Waals surface area contributed by atoms with E-state index in [1.54, 1.807) is 12.1 Å². The molecule has 0 spiro atoms. The van der Waals surface area contributed by atoms with Crippen molar-refractivity contribution in [3.05, 3.63) is 107 Å². The minimum absolute atomic E-state index is 0.160. The van der Waals surface area contributed by atoms with Crippen molar-refractivity contribution in [3.63, 3.8) is 0 Å². The molecule has 0 aliphatic rings. The van der Waals surface area contributed by atoms with Crippen LogP contribution in [0.4, 0.5) is 0 Å². The molecule has 3 aromatic rings. The van der Waals surface area contributed by atoms with Crippen LogP contribution in [0.25, 0.3) is 0 Å². The summed E-state index contributed by atoms with van der Waals surface area (Å²) in [5.41, 5.74) is 2.91. The molecule has 0 saturated carbocycles. The Morgan fingerprint density at radius 3 is 1.60 bits per heavy atom. The highest BCUT2D eigenvalue weighted by atomic mass is 35.5. The van der Waals surface area contributed by atoms with Gasteiger partial charge in [0.05, 0.1) is 6.04 Å². The maximum atomic E-state index is 10.0. The van der Waals surface area contributed by atoms with Gasteiger partial charge in [0.2, 0.25) is 0 Å². The summed E-state index contributed by atoms with van der Waals surface area (Å²) in [5.74, 6) is -0.585. The highest BCUT2D eigenvalue weighted by Gasteiger charge is 2.25. The van der Waals surface area contributed by atoms with E-state index in [9.17, 15) is 9.79 Å². The average molecular weight is 372 g/mol. The molecule has 0 heterocycles. The molecule has 0 aromatic heterocycles. The summed E-state index contributed by atoms with van der Waals surface area (Å²) in [7, 11) is -2.22. The minimum atomic E-state index is -2.22. The first kappa shape index (κ1) is 18.1. The molecule has 128 valence electrons. The van der Waals surface area contributed by atoms with Gasteiger partial charge in [-0.3, -0.25) is 5.32 Å². The lowest BCUT2D eigenvalue weighted by molar-refractivity contribution is 0.438. The molecule has 0 radical (unpaired) electrons. The largest absolute Gasteiger partial charge is 0.349 e. The van der Waals surface area contributed by atoms with Crippen LogP contribution in [0.1, 0.15) is 28.5 Å². The molecular weight excluding hydrogens is 353 g/mol. The van der Waals surface area contributed by atoms with E-state index in [4.69, 9.17) is 11.6 Å². The summed E-state index contributed by atoms with van der Waals surface area (Å²) < 4.78 is 0. The first-order valence-corrected chi connectivity index (χ1v) is 9.63. The van der Waals surface area contributed by atoms with Crippen molar-refractivity contribution >= 4 is 20.0 Å². The Labute approximate surface area is 153 Å². The number of hydrogen-bond donors (Lipinski definition) is 3. The minimum Gasteiger partial charge on any atom is -0.349 e. The monoisotopic (exact) mass is 371 g/mol. The van der Waals surface area contributed by atoms with Gasteiger partial charge < -0.3 is 9.79 Å². The quantitative estimate of drug-likeness (QED) is 0.533. The Balaban J connectivity index is 1.96. The molecule has 3 nitrogen and oxygen atoms in total. The Morgan fingerprint density at radius 1 is 0.680 bits per heavy atom. The van der Waals surface area contributed by atoms with Crippen molar-refractivity contribution in [2.75, 3.05) is 0 Å². The van der Waals surface area contributed by atoms with Gasteiger partial charge in [-0.25, -0.2) is 0 Å². The molecular formula is C20H19ClNO2P. The van der Waals surface area contributed by atoms with E-state index in [0.717, 1.165) is 16.7 Å². The van der Waals surface area contributed by atoms with E-state index in [-0.39, 0.29) is 6.04 Å². The summed E-state index contributed by atoms with van der Waals surface area (Å²) in [6.07, 6.45) is 0. The van der Waals surface area contributed by atoms with E-state index in [0.29, 0.717) is 5.02 Å². The normalized spacial score (nSPS) is 12.5. The molecule has 0 aliphatic heterocycles. The molecule has 25 heavy (non-hydrogen) atoms.